The Hall–Kier alpha value is -2.38. The van der Waals surface area contributed by atoms with Crippen molar-refractivity contribution in [2.75, 3.05) is 6.54 Å². The fourth-order valence-corrected chi connectivity index (χ4v) is 3.17. The Balaban J connectivity index is 2.02. The first-order chi connectivity index (χ1) is 11.0. The molecule has 1 aromatic rings. The Kier molecular flexibility index (Phi) is 3.83. The molecule has 4 N–H and O–H groups in total. The van der Waals surface area contributed by atoms with E-state index < -0.39 is 0 Å². The van der Waals surface area contributed by atoms with Gasteiger partial charge >= 0.3 is 11.9 Å². The van der Waals surface area contributed by atoms with E-state index in [0.29, 0.717) is 30.5 Å². The maximum Gasteiger partial charge on any atom is 0.374 e. The topological polar surface area (TPSA) is 96.6 Å². The number of nitrogens with two attached hydrogens (primary N) is 1. The van der Waals surface area contributed by atoms with Crippen LogP contribution in [0.25, 0.3) is 0 Å². The molecule has 7 nitrogen and oxygen atoms in total. The maximum absolute atomic E-state index is 13.0. The zero-order valence-electron chi connectivity index (χ0n) is 12.5. The first-order valence-electron chi connectivity index (χ1n) is 7.18. The van der Waals surface area contributed by atoms with Crippen LogP contribution >= 0.6 is 11.6 Å². The van der Waals surface area contributed by atoms with Gasteiger partial charge in [-0.3, -0.25) is 10.1 Å². The Bertz CT molecular complexity index is 728. The van der Waals surface area contributed by atoms with E-state index in [1.807, 2.05) is 19.1 Å². The molecule has 8 heteroatoms. The van der Waals surface area contributed by atoms with Gasteiger partial charge in [0.1, 0.15) is 25.0 Å². The van der Waals surface area contributed by atoms with Crippen molar-refractivity contribution in [2.45, 2.75) is 19.5 Å². The zero-order chi connectivity index (χ0) is 16.6. The van der Waals surface area contributed by atoms with E-state index in [-0.39, 0.29) is 28.0 Å². The highest BCUT2D eigenvalue weighted by Gasteiger charge is 2.53. The first kappa shape index (κ1) is 15.5. The number of carbonyl (C=O) groups excluding carboxylic acids is 2. The Morgan fingerprint density at radius 1 is 1.48 bits per heavy atom. The Morgan fingerprint density at radius 3 is 2.83 bits per heavy atom. The molecule has 0 aliphatic carbocycles. The van der Waals surface area contributed by atoms with Crippen molar-refractivity contribution in [3.63, 3.8) is 0 Å². The molecule has 2 heterocycles. The summed E-state index contributed by atoms with van der Waals surface area (Å²) < 4.78 is -0.0281. The van der Waals surface area contributed by atoms with Crippen molar-refractivity contribution >= 4 is 29.9 Å². The van der Waals surface area contributed by atoms with Gasteiger partial charge in [-0.1, -0.05) is 23.7 Å². The van der Waals surface area contributed by atoms with Crippen molar-refractivity contribution in [1.82, 2.24) is 10.6 Å². The number of nitrogens with zero attached hydrogens (tertiary/aromatic N) is 2. The SMILES string of the molecule is CC1C[N+]2(Cc3ccc(Cl)cc3)C(=O)C(NC=O)=C(N)NC2=N1. The number of quaternary nitrogens is 1. The lowest BCUT2D eigenvalue weighted by atomic mass is 10.1. The second-order valence-electron chi connectivity index (χ2n) is 5.72. The van der Waals surface area contributed by atoms with Crippen LogP contribution in [0.1, 0.15) is 12.5 Å². The minimum absolute atomic E-state index is 0.0281. The van der Waals surface area contributed by atoms with Crippen LogP contribution in [0, 0.1) is 0 Å². The minimum Gasteiger partial charge on any atom is -0.383 e. The van der Waals surface area contributed by atoms with Gasteiger partial charge in [-0.2, -0.15) is 4.48 Å². The third kappa shape index (κ3) is 2.58. The molecule has 0 bridgehead atoms. The number of amides is 2. The summed E-state index contributed by atoms with van der Waals surface area (Å²) in [6.45, 7) is 2.84. The van der Waals surface area contributed by atoms with Crippen molar-refractivity contribution in [3.8, 4) is 0 Å². The summed E-state index contributed by atoms with van der Waals surface area (Å²) in [5.41, 5.74) is 6.86. The fourth-order valence-electron chi connectivity index (χ4n) is 3.04. The van der Waals surface area contributed by atoms with Gasteiger partial charge < -0.3 is 11.1 Å². The van der Waals surface area contributed by atoms with E-state index in [1.54, 1.807) is 12.1 Å². The van der Waals surface area contributed by atoms with Crippen LogP contribution in [0.5, 0.6) is 0 Å². The normalized spacial score (nSPS) is 26.4. The molecule has 0 spiro atoms. The summed E-state index contributed by atoms with van der Waals surface area (Å²) in [6, 6.07) is 7.27. The quantitative estimate of drug-likeness (QED) is 0.549. The van der Waals surface area contributed by atoms with Gasteiger partial charge in [0.15, 0.2) is 5.70 Å². The molecule has 2 atom stereocenters. The second-order valence-corrected chi connectivity index (χ2v) is 6.15. The molecule has 120 valence electrons. The molecular weight excluding hydrogens is 318 g/mol. The summed E-state index contributed by atoms with van der Waals surface area (Å²) in [7, 11) is 0. The van der Waals surface area contributed by atoms with Gasteiger partial charge in [-0.05, 0) is 19.1 Å². The maximum atomic E-state index is 13.0. The number of aliphatic imine (C=N–C) groups is 1. The van der Waals surface area contributed by atoms with Crippen molar-refractivity contribution in [2.24, 2.45) is 10.7 Å². The van der Waals surface area contributed by atoms with Crippen LogP contribution in [-0.2, 0) is 16.1 Å². The minimum atomic E-state index is -0.272. The molecule has 0 radical (unpaired) electrons. The number of benzene rings is 1. The van der Waals surface area contributed by atoms with Crippen LogP contribution in [0.2, 0.25) is 5.02 Å². The number of fused-ring (bicyclic) bond motifs is 1. The van der Waals surface area contributed by atoms with E-state index in [9.17, 15) is 9.59 Å². The molecule has 2 aliphatic rings. The predicted molar refractivity (Wildman–Crippen MR) is 85.7 cm³/mol. The molecule has 2 unspecified atom stereocenters. The van der Waals surface area contributed by atoms with E-state index in [4.69, 9.17) is 17.3 Å². The van der Waals surface area contributed by atoms with Crippen LogP contribution in [-0.4, -0.2) is 35.3 Å². The first-order valence-corrected chi connectivity index (χ1v) is 7.56. The Morgan fingerprint density at radius 2 is 2.17 bits per heavy atom. The summed E-state index contributed by atoms with van der Waals surface area (Å²) >= 11 is 5.92. The lowest BCUT2D eigenvalue weighted by Crippen LogP contribution is -2.65. The average Bonchev–Trinajstić information content (AvgIpc) is 2.82. The Labute approximate surface area is 138 Å². The van der Waals surface area contributed by atoms with Crippen molar-refractivity contribution < 1.29 is 14.1 Å². The molecule has 0 aromatic heterocycles. The number of nitrogens with one attached hydrogen (secondary N) is 2. The molecule has 2 aliphatic heterocycles. The number of halogens is 1. The monoisotopic (exact) mass is 334 g/mol. The number of guanidine groups is 1. The summed E-state index contributed by atoms with van der Waals surface area (Å²) in [6.07, 6.45) is 0.447. The highest BCUT2D eigenvalue weighted by atomic mass is 35.5. The molecule has 23 heavy (non-hydrogen) atoms. The highest BCUT2D eigenvalue weighted by molar-refractivity contribution is 6.30. The van der Waals surface area contributed by atoms with Gasteiger partial charge in [-0.25, -0.2) is 9.79 Å². The lowest BCUT2D eigenvalue weighted by molar-refractivity contribution is -0.774. The van der Waals surface area contributed by atoms with E-state index in [1.165, 1.54) is 0 Å². The summed E-state index contributed by atoms with van der Waals surface area (Å²) in [5.74, 6) is 0.345. The van der Waals surface area contributed by atoms with Crippen molar-refractivity contribution in [3.05, 3.63) is 46.4 Å². The predicted octanol–water partition coefficient (Wildman–Crippen LogP) is 0.419. The lowest BCUT2D eigenvalue weighted by Gasteiger charge is -2.35. The van der Waals surface area contributed by atoms with E-state index in [0.717, 1.165) is 5.56 Å². The van der Waals surface area contributed by atoms with Gasteiger partial charge in [0.25, 0.3) is 0 Å². The van der Waals surface area contributed by atoms with Crippen LogP contribution in [0.15, 0.2) is 40.8 Å². The van der Waals surface area contributed by atoms with Gasteiger partial charge in [0, 0.05) is 10.6 Å². The number of hydrogen-bond donors (Lipinski definition) is 3. The number of hydrogen-bond acceptors (Lipinski definition) is 5. The van der Waals surface area contributed by atoms with Gasteiger partial charge in [-0.15, -0.1) is 0 Å². The van der Waals surface area contributed by atoms with Gasteiger partial charge in [0.2, 0.25) is 6.41 Å². The standard InChI is InChI=1S/C15H16ClN5O2/c1-9-6-21(7-10-2-4-11(16)5-3-10)14(23)12(18-8-22)13(17)20-15(21)19-9/h2-5,8-9H,6-7H2,1H3,(H3-,17,18,19,20,22,23)/p+1. The van der Waals surface area contributed by atoms with Crippen LogP contribution < -0.4 is 16.4 Å². The summed E-state index contributed by atoms with van der Waals surface area (Å²) in [4.78, 5) is 28.3. The third-order valence-corrected chi connectivity index (χ3v) is 4.26. The number of carbonyl (C=O) groups is 2. The average molecular weight is 335 g/mol. The largest absolute Gasteiger partial charge is 0.383 e. The van der Waals surface area contributed by atoms with Crippen LogP contribution in [0.3, 0.4) is 0 Å². The third-order valence-electron chi connectivity index (χ3n) is 4.01. The second kappa shape index (κ2) is 5.68. The van der Waals surface area contributed by atoms with E-state index >= 15 is 0 Å². The van der Waals surface area contributed by atoms with Crippen LogP contribution in [0.4, 0.5) is 0 Å². The highest BCUT2D eigenvalue weighted by Crippen LogP contribution is 2.29. The molecule has 0 fully saturated rings. The zero-order valence-corrected chi connectivity index (χ0v) is 13.3. The van der Waals surface area contributed by atoms with E-state index in [2.05, 4.69) is 15.6 Å². The fraction of sp³-hybridized carbons (Fsp3) is 0.267. The molecule has 2 amide bonds. The molecule has 1 aromatic carbocycles. The number of rotatable bonds is 4. The molecule has 0 saturated heterocycles. The van der Waals surface area contributed by atoms with Gasteiger partial charge in [0.05, 0.1) is 0 Å². The molecular formula is C15H17ClN5O2+. The molecule has 3 rings (SSSR count). The smallest absolute Gasteiger partial charge is 0.374 e. The summed E-state index contributed by atoms with van der Waals surface area (Å²) in [5, 5.41) is 5.99. The molecule has 0 saturated carbocycles. The van der Waals surface area contributed by atoms with Crippen molar-refractivity contribution in [1.29, 1.82) is 0 Å².